The van der Waals surface area contributed by atoms with E-state index in [1.165, 1.54) is 10.4 Å². The third-order valence-electron chi connectivity index (χ3n) is 5.57. The van der Waals surface area contributed by atoms with Crippen molar-refractivity contribution in [3.8, 4) is 0 Å². The Morgan fingerprint density at radius 3 is 2.93 bits per heavy atom. The molecule has 150 valence electrons. The van der Waals surface area contributed by atoms with Gasteiger partial charge in [0.15, 0.2) is 6.29 Å². The molecular weight excluding hydrogens is 398 g/mol. The van der Waals surface area contributed by atoms with Gasteiger partial charge in [-0.25, -0.2) is 0 Å². The van der Waals surface area contributed by atoms with Crippen molar-refractivity contribution >= 4 is 52.0 Å². The van der Waals surface area contributed by atoms with Crippen LogP contribution in [-0.4, -0.2) is 11.3 Å². The highest BCUT2D eigenvalue weighted by Crippen LogP contribution is 2.43. The number of nitrogens with one attached hydrogen (secondary N) is 2. The summed E-state index contributed by atoms with van der Waals surface area (Å²) in [6.07, 6.45) is 4.09. The van der Waals surface area contributed by atoms with Gasteiger partial charge in [-0.1, -0.05) is 51.4 Å². The fourth-order valence-corrected chi connectivity index (χ4v) is 5.35. The van der Waals surface area contributed by atoms with Crippen LogP contribution in [0.5, 0.6) is 0 Å². The molecule has 0 atom stereocenters. The van der Waals surface area contributed by atoms with Crippen LogP contribution in [0.3, 0.4) is 0 Å². The minimum absolute atomic E-state index is 0.230. The number of para-hydroxylation sites is 1. The molecule has 29 heavy (non-hydrogen) atoms. The highest BCUT2D eigenvalue weighted by atomic mass is 32.1. The van der Waals surface area contributed by atoms with Crippen LogP contribution in [0, 0.1) is 5.41 Å². The number of carbonyl (C=O) groups is 1. The number of aldehydes is 1. The maximum Gasteiger partial charge on any atom is 0.153 e. The van der Waals surface area contributed by atoms with E-state index in [0.29, 0.717) is 6.54 Å². The second-order valence-electron chi connectivity index (χ2n) is 8.32. The van der Waals surface area contributed by atoms with Crippen molar-refractivity contribution in [3.05, 3.63) is 64.2 Å². The molecule has 0 bridgehead atoms. The largest absolute Gasteiger partial charge is 0.347 e. The van der Waals surface area contributed by atoms with Crippen molar-refractivity contribution in [2.45, 2.75) is 39.7 Å². The highest BCUT2D eigenvalue weighted by molar-refractivity contribution is 7.78. The van der Waals surface area contributed by atoms with Crippen molar-refractivity contribution in [2.24, 2.45) is 5.41 Å². The van der Waals surface area contributed by atoms with Crippen LogP contribution >= 0.6 is 24.2 Å². The number of pyridine rings is 1. The topological polar surface area (TPSA) is 54.0 Å². The molecule has 0 saturated heterocycles. The number of nitrogens with zero attached hydrogens (tertiary/aromatic N) is 1. The van der Waals surface area contributed by atoms with Crippen LogP contribution in [0.4, 0.5) is 5.00 Å². The Balaban J connectivity index is 1.71. The van der Waals surface area contributed by atoms with E-state index >= 15 is 0 Å². The molecule has 0 unspecified atom stereocenters. The molecule has 4 nitrogen and oxygen atoms in total. The van der Waals surface area contributed by atoms with Gasteiger partial charge in [0.25, 0.3) is 0 Å². The zero-order chi connectivity index (χ0) is 20.6. The van der Waals surface area contributed by atoms with Crippen molar-refractivity contribution < 1.29 is 4.79 Å². The molecule has 0 amide bonds. The monoisotopic (exact) mass is 423 g/mol. The van der Waals surface area contributed by atoms with Gasteiger partial charge < -0.3 is 5.32 Å². The van der Waals surface area contributed by atoms with Gasteiger partial charge in [-0.3, -0.25) is 14.5 Å². The lowest BCUT2D eigenvalue weighted by molar-refractivity contribution is 0.112. The Morgan fingerprint density at radius 2 is 2.17 bits per heavy atom. The Bertz CT molecular complexity index is 1100. The number of carbonyl (C=O) groups excluding carboxylic acids is 1. The number of anilines is 1. The van der Waals surface area contributed by atoms with Gasteiger partial charge >= 0.3 is 0 Å². The molecule has 0 fully saturated rings. The van der Waals surface area contributed by atoms with E-state index in [0.717, 1.165) is 64.0 Å². The first-order chi connectivity index (χ1) is 13.9. The summed E-state index contributed by atoms with van der Waals surface area (Å²) in [5, 5.41) is 5.36. The van der Waals surface area contributed by atoms with Crippen molar-refractivity contribution in [1.29, 1.82) is 0 Å². The molecule has 4 rings (SSSR count). The summed E-state index contributed by atoms with van der Waals surface area (Å²) < 4.78 is 2.89. The van der Waals surface area contributed by atoms with Crippen molar-refractivity contribution in [3.63, 3.8) is 0 Å². The summed E-state index contributed by atoms with van der Waals surface area (Å²) in [7, 11) is 0. The number of thiol groups is 1. The molecule has 1 aliphatic carbocycles. The fourth-order valence-electron chi connectivity index (χ4n) is 3.99. The molecule has 0 saturated carbocycles. The number of hydrogen-bond acceptors (Lipinski definition) is 6. The normalized spacial score (nSPS) is 15.1. The van der Waals surface area contributed by atoms with Crippen molar-refractivity contribution in [2.75, 3.05) is 5.32 Å². The molecule has 0 radical (unpaired) electrons. The van der Waals surface area contributed by atoms with E-state index in [9.17, 15) is 4.79 Å². The second-order valence-corrected chi connectivity index (χ2v) is 9.74. The van der Waals surface area contributed by atoms with Gasteiger partial charge in [-0.2, -0.15) is 0 Å². The first-order valence-corrected chi connectivity index (χ1v) is 11.0. The van der Waals surface area contributed by atoms with Gasteiger partial charge in [0.2, 0.25) is 0 Å². The SMILES string of the molecule is C=C(Nc1sc2c(c1C=O)CC(C)(C)CC2)c1cc2ccccc2nc1CNS. The van der Waals surface area contributed by atoms with Gasteiger partial charge in [0.05, 0.1) is 16.8 Å². The van der Waals surface area contributed by atoms with Crippen LogP contribution < -0.4 is 10.0 Å². The summed E-state index contributed by atoms with van der Waals surface area (Å²) in [5.41, 5.74) is 5.67. The van der Waals surface area contributed by atoms with Gasteiger partial charge in [-0.05, 0) is 42.4 Å². The number of fused-ring (bicyclic) bond motifs is 2. The van der Waals surface area contributed by atoms with E-state index in [1.54, 1.807) is 11.3 Å². The summed E-state index contributed by atoms with van der Waals surface area (Å²) in [5.74, 6) is 0. The minimum atomic E-state index is 0.230. The van der Waals surface area contributed by atoms with E-state index < -0.39 is 0 Å². The lowest BCUT2D eigenvalue weighted by atomic mass is 9.76. The molecular formula is C23H25N3OS2. The number of thiophene rings is 1. The fraction of sp³-hybridized carbons (Fsp3) is 0.304. The van der Waals surface area contributed by atoms with Gasteiger partial charge in [0, 0.05) is 28.1 Å². The number of aryl methyl sites for hydroxylation is 1. The van der Waals surface area contributed by atoms with Crippen LogP contribution in [0.2, 0.25) is 0 Å². The minimum Gasteiger partial charge on any atom is -0.347 e. The molecule has 0 spiro atoms. The Labute approximate surface area is 181 Å². The predicted molar refractivity (Wildman–Crippen MR) is 126 cm³/mol. The molecule has 1 aliphatic rings. The van der Waals surface area contributed by atoms with Crippen LogP contribution in [0.15, 0.2) is 36.9 Å². The average molecular weight is 424 g/mol. The second kappa shape index (κ2) is 7.94. The average Bonchev–Trinajstić information content (AvgIpc) is 3.02. The van der Waals surface area contributed by atoms with E-state index in [2.05, 4.69) is 49.3 Å². The maximum atomic E-state index is 11.9. The van der Waals surface area contributed by atoms with E-state index in [1.807, 2.05) is 24.3 Å². The number of rotatable bonds is 6. The lowest BCUT2D eigenvalue weighted by Gasteiger charge is -2.29. The Hall–Kier alpha value is -2.15. The number of aromatic nitrogens is 1. The highest BCUT2D eigenvalue weighted by Gasteiger charge is 2.30. The zero-order valence-electron chi connectivity index (χ0n) is 16.7. The Kier molecular flexibility index (Phi) is 5.51. The summed E-state index contributed by atoms with van der Waals surface area (Å²) in [6, 6.07) is 10.1. The molecule has 2 N–H and O–H groups in total. The summed E-state index contributed by atoms with van der Waals surface area (Å²) in [6.45, 7) is 9.32. The molecule has 2 aromatic heterocycles. The molecule has 2 heterocycles. The maximum absolute atomic E-state index is 11.9. The van der Waals surface area contributed by atoms with Crippen LogP contribution in [0.1, 0.15) is 52.3 Å². The smallest absolute Gasteiger partial charge is 0.153 e. The molecule has 6 heteroatoms. The van der Waals surface area contributed by atoms with Gasteiger partial charge in [-0.15, -0.1) is 11.3 Å². The van der Waals surface area contributed by atoms with Gasteiger partial charge in [0.1, 0.15) is 5.00 Å². The quantitative estimate of drug-likeness (QED) is 0.355. The van der Waals surface area contributed by atoms with Crippen molar-refractivity contribution in [1.82, 2.24) is 9.71 Å². The number of hydrogen-bond donors (Lipinski definition) is 3. The summed E-state index contributed by atoms with van der Waals surface area (Å²) in [4.78, 5) is 18.0. The van der Waals surface area contributed by atoms with Crippen LogP contribution in [0.25, 0.3) is 16.6 Å². The Morgan fingerprint density at radius 1 is 1.38 bits per heavy atom. The lowest BCUT2D eigenvalue weighted by Crippen LogP contribution is -2.21. The summed E-state index contributed by atoms with van der Waals surface area (Å²) >= 11 is 5.83. The van der Waals surface area contributed by atoms with E-state index in [4.69, 9.17) is 4.98 Å². The molecule has 1 aromatic carbocycles. The predicted octanol–water partition coefficient (Wildman–Crippen LogP) is 5.64. The standard InChI is InChI=1S/C23H25N3OS2/c1-14(16-10-15-6-4-5-7-19(15)26-20(16)12-24-28)25-22-18(13-27)17-11-23(2,3)9-8-21(17)29-22/h4-7,10,13,24-25,28H,1,8-9,11-12H2,2-3H3. The van der Waals surface area contributed by atoms with Crippen LogP contribution in [-0.2, 0) is 19.4 Å². The zero-order valence-corrected chi connectivity index (χ0v) is 18.4. The third-order valence-corrected chi connectivity index (χ3v) is 6.95. The third kappa shape index (κ3) is 3.97. The molecule has 3 aromatic rings. The first kappa shape index (κ1) is 20.1. The van der Waals surface area contributed by atoms with E-state index in [-0.39, 0.29) is 5.41 Å². The number of benzene rings is 1. The first-order valence-electron chi connectivity index (χ1n) is 9.73. The molecule has 0 aliphatic heterocycles.